The number of carboxylic acids is 1. The largest absolute Gasteiger partial charge is 0.490 e. The molecule has 1 saturated carbocycles. The molecule has 7 heteroatoms. The van der Waals surface area contributed by atoms with E-state index in [1.807, 2.05) is 0 Å². The summed E-state index contributed by atoms with van der Waals surface area (Å²) in [5.41, 5.74) is 0.740. The molecule has 0 spiro atoms. The summed E-state index contributed by atoms with van der Waals surface area (Å²) in [5.74, 6) is -0.0109. The van der Waals surface area contributed by atoms with Crippen molar-refractivity contribution in [3.05, 3.63) is 33.9 Å². The van der Waals surface area contributed by atoms with Crippen LogP contribution in [0, 0.1) is 16.0 Å². The third-order valence-corrected chi connectivity index (χ3v) is 4.73. The number of methoxy groups -OCH3 is 1. The number of hydrogen-bond acceptors (Lipinski definition) is 5. The summed E-state index contributed by atoms with van der Waals surface area (Å²) in [6.45, 7) is 1.80. The molecule has 1 N–H and O–H groups in total. The van der Waals surface area contributed by atoms with E-state index in [-0.39, 0.29) is 17.9 Å². The Bertz CT molecular complexity index is 599. The minimum atomic E-state index is -0.825. The van der Waals surface area contributed by atoms with E-state index >= 15 is 0 Å². The van der Waals surface area contributed by atoms with Crippen LogP contribution in [0.2, 0.25) is 0 Å². The molecule has 1 fully saturated rings. The first kappa shape index (κ1) is 19.2. The Balaban J connectivity index is 2.09. The molecule has 2 rings (SSSR count). The maximum Gasteiger partial charge on any atom is 0.311 e. The van der Waals surface area contributed by atoms with E-state index in [4.69, 9.17) is 9.84 Å². The maximum absolute atomic E-state index is 11.2. The van der Waals surface area contributed by atoms with E-state index in [1.54, 1.807) is 12.1 Å². The lowest BCUT2D eigenvalue weighted by Gasteiger charge is -2.29. The lowest BCUT2D eigenvalue weighted by Crippen LogP contribution is -2.32. The van der Waals surface area contributed by atoms with Gasteiger partial charge in [-0.25, -0.2) is 0 Å². The van der Waals surface area contributed by atoms with Gasteiger partial charge in [0.25, 0.3) is 0 Å². The highest BCUT2D eigenvalue weighted by molar-refractivity contribution is 5.66. The van der Waals surface area contributed by atoms with Crippen LogP contribution in [0.3, 0.4) is 0 Å². The second kappa shape index (κ2) is 9.36. The van der Waals surface area contributed by atoms with Gasteiger partial charge < -0.3 is 9.84 Å². The Morgan fingerprint density at radius 3 is 2.68 bits per heavy atom. The van der Waals surface area contributed by atoms with Gasteiger partial charge in [0.1, 0.15) is 0 Å². The number of hydrogen-bond donors (Lipinski definition) is 1. The second-order valence-corrected chi connectivity index (χ2v) is 6.65. The van der Waals surface area contributed by atoms with Crippen LogP contribution in [0.1, 0.15) is 44.1 Å². The zero-order chi connectivity index (χ0) is 18.2. The van der Waals surface area contributed by atoms with Gasteiger partial charge in [-0.15, -0.1) is 0 Å². The Labute approximate surface area is 147 Å². The number of ether oxygens (including phenoxy) is 1. The van der Waals surface area contributed by atoms with Crippen LogP contribution in [0.15, 0.2) is 18.2 Å². The van der Waals surface area contributed by atoms with Crippen molar-refractivity contribution >= 4 is 11.7 Å². The summed E-state index contributed by atoms with van der Waals surface area (Å²) in [7, 11) is 1.41. The summed E-state index contributed by atoms with van der Waals surface area (Å²) in [4.78, 5) is 23.8. The number of nitrogens with zero attached hydrogens (tertiary/aromatic N) is 2. The number of carboxylic acid groups (broad SMARTS) is 1. The molecule has 1 aromatic rings. The summed E-state index contributed by atoms with van der Waals surface area (Å²) in [6.07, 6.45) is 6.15. The first-order valence-electron chi connectivity index (χ1n) is 8.75. The minimum absolute atomic E-state index is 0.0594. The standard InChI is InChI=1S/C18H26N2O5/c1-25-17-8-7-15(11-16(17)20(23)24)13-19(10-9-18(21)22)12-14-5-3-2-4-6-14/h7-8,11,14H,2-6,9-10,12-13H2,1H3,(H,21,22). The number of aliphatic carboxylic acids is 1. The third-order valence-electron chi connectivity index (χ3n) is 4.73. The minimum Gasteiger partial charge on any atom is -0.490 e. The van der Waals surface area contributed by atoms with Gasteiger partial charge in [-0.2, -0.15) is 0 Å². The molecule has 0 saturated heterocycles. The van der Waals surface area contributed by atoms with Crippen LogP contribution in [-0.4, -0.2) is 41.1 Å². The molecule has 7 nitrogen and oxygen atoms in total. The predicted molar refractivity (Wildman–Crippen MR) is 93.8 cm³/mol. The van der Waals surface area contributed by atoms with Gasteiger partial charge in [-0.3, -0.25) is 19.8 Å². The maximum atomic E-state index is 11.2. The molecule has 0 unspecified atom stereocenters. The van der Waals surface area contributed by atoms with Crippen LogP contribution < -0.4 is 4.74 Å². The van der Waals surface area contributed by atoms with Crippen molar-refractivity contribution in [2.75, 3.05) is 20.2 Å². The van der Waals surface area contributed by atoms with Crippen LogP contribution >= 0.6 is 0 Å². The summed E-state index contributed by atoms with van der Waals surface area (Å²) < 4.78 is 5.03. The first-order chi connectivity index (χ1) is 12.0. The summed E-state index contributed by atoms with van der Waals surface area (Å²) >= 11 is 0. The fourth-order valence-corrected chi connectivity index (χ4v) is 3.46. The quantitative estimate of drug-likeness (QED) is 0.541. The molecular formula is C18H26N2O5. The highest BCUT2D eigenvalue weighted by Gasteiger charge is 2.20. The van der Waals surface area contributed by atoms with Crippen LogP contribution in [-0.2, 0) is 11.3 Å². The first-order valence-corrected chi connectivity index (χ1v) is 8.75. The van der Waals surface area contributed by atoms with Crippen molar-refractivity contribution in [3.8, 4) is 5.75 Å². The van der Waals surface area contributed by atoms with E-state index in [0.717, 1.165) is 12.1 Å². The highest BCUT2D eigenvalue weighted by atomic mass is 16.6. The van der Waals surface area contributed by atoms with E-state index in [9.17, 15) is 14.9 Å². The zero-order valence-electron chi connectivity index (χ0n) is 14.6. The summed E-state index contributed by atoms with van der Waals surface area (Å²) in [5, 5.41) is 20.2. The molecule has 1 aromatic carbocycles. The summed E-state index contributed by atoms with van der Waals surface area (Å²) in [6, 6.07) is 4.93. The average Bonchev–Trinajstić information content (AvgIpc) is 2.60. The number of carbonyl (C=O) groups is 1. The average molecular weight is 350 g/mol. The molecule has 25 heavy (non-hydrogen) atoms. The molecule has 0 aliphatic heterocycles. The molecule has 0 amide bonds. The van der Waals surface area contributed by atoms with Crippen molar-refractivity contribution in [2.24, 2.45) is 5.92 Å². The number of nitro groups is 1. The van der Waals surface area contributed by atoms with Gasteiger partial charge in [0.2, 0.25) is 0 Å². The van der Waals surface area contributed by atoms with Crippen LogP contribution in [0.5, 0.6) is 5.75 Å². The molecule has 1 aliphatic carbocycles. The fraction of sp³-hybridized carbons (Fsp3) is 0.611. The monoisotopic (exact) mass is 350 g/mol. The van der Waals surface area contributed by atoms with Gasteiger partial charge in [-0.1, -0.05) is 25.3 Å². The second-order valence-electron chi connectivity index (χ2n) is 6.65. The van der Waals surface area contributed by atoms with Crippen molar-refractivity contribution in [1.29, 1.82) is 0 Å². The third kappa shape index (κ3) is 6.01. The number of benzene rings is 1. The number of rotatable bonds is 9. The predicted octanol–water partition coefficient (Wildman–Crippen LogP) is 3.46. The topological polar surface area (TPSA) is 92.9 Å². The number of nitro benzene ring substituents is 1. The van der Waals surface area contributed by atoms with Crippen LogP contribution in [0.4, 0.5) is 5.69 Å². The molecule has 0 heterocycles. The van der Waals surface area contributed by atoms with E-state index in [1.165, 1.54) is 45.3 Å². The van der Waals surface area contributed by atoms with E-state index in [0.29, 0.717) is 19.0 Å². The molecule has 0 atom stereocenters. The van der Waals surface area contributed by atoms with Gasteiger partial charge in [0, 0.05) is 25.7 Å². The van der Waals surface area contributed by atoms with Crippen molar-refractivity contribution in [3.63, 3.8) is 0 Å². The lowest BCUT2D eigenvalue weighted by molar-refractivity contribution is -0.385. The van der Waals surface area contributed by atoms with Gasteiger partial charge in [-0.05, 0) is 30.4 Å². The van der Waals surface area contributed by atoms with Crippen molar-refractivity contribution < 1.29 is 19.6 Å². The fourth-order valence-electron chi connectivity index (χ4n) is 3.46. The van der Waals surface area contributed by atoms with Gasteiger partial charge in [0.15, 0.2) is 5.75 Å². The smallest absolute Gasteiger partial charge is 0.311 e. The Kier molecular flexibility index (Phi) is 7.18. The van der Waals surface area contributed by atoms with Gasteiger partial charge in [0.05, 0.1) is 18.5 Å². The van der Waals surface area contributed by atoms with Crippen LogP contribution in [0.25, 0.3) is 0 Å². The molecule has 0 aromatic heterocycles. The molecular weight excluding hydrogens is 324 g/mol. The van der Waals surface area contributed by atoms with Crippen molar-refractivity contribution in [2.45, 2.75) is 45.1 Å². The Hall–Kier alpha value is -2.15. The SMILES string of the molecule is COc1ccc(CN(CCC(=O)O)CC2CCCCC2)cc1[N+](=O)[O-]. The zero-order valence-corrected chi connectivity index (χ0v) is 14.6. The Morgan fingerprint density at radius 2 is 2.08 bits per heavy atom. The molecule has 0 bridgehead atoms. The molecule has 138 valence electrons. The van der Waals surface area contributed by atoms with E-state index < -0.39 is 10.9 Å². The Morgan fingerprint density at radius 1 is 1.36 bits per heavy atom. The lowest BCUT2D eigenvalue weighted by atomic mass is 9.89. The molecule has 0 radical (unpaired) electrons. The van der Waals surface area contributed by atoms with E-state index in [2.05, 4.69) is 4.90 Å². The van der Waals surface area contributed by atoms with Crippen molar-refractivity contribution in [1.82, 2.24) is 4.90 Å². The van der Waals surface area contributed by atoms with Gasteiger partial charge >= 0.3 is 11.7 Å². The highest BCUT2D eigenvalue weighted by Crippen LogP contribution is 2.29. The normalized spacial score (nSPS) is 15.3. The molecule has 1 aliphatic rings.